The number of fused-ring (bicyclic) bond motifs is 3. The van der Waals surface area contributed by atoms with Gasteiger partial charge in [0.2, 0.25) is 0 Å². The van der Waals surface area contributed by atoms with E-state index in [1.54, 1.807) is 25.3 Å². The molecule has 2 saturated heterocycles. The van der Waals surface area contributed by atoms with Crippen LogP contribution < -0.4 is 15.7 Å². The maximum Gasteiger partial charge on any atom is 0.349 e. The Labute approximate surface area is 244 Å². The zero-order valence-corrected chi connectivity index (χ0v) is 23.7. The van der Waals surface area contributed by atoms with Crippen molar-refractivity contribution in [1.29, 1.82) is 0 Å². The summed E-state index contributed by atoms with van der Waals surface area (Å²) < 4.78 is 41.5. The molecule has 0 amide bonds. The number of anilines is 1. The molecule has 0 aliphatic carbocycles. The number of ether oxygens (including phenoxy) is 1. The maximum absolute atomic E-state index is 15.1. The van der Waals surface area contributed by atoms with Gasteiger partial charge in [-0.2, -0.15) is 15.1 Å². The number of aromatic nitrogens is 4. The number of phenols is 1. The molecule has 222 valence electrons. The second kappa shape index (κ2) is 10.3. The number of halogens is 2. The predicted octanol–water partition coefficient (Wildman–Crippen LogP) is 5.16. The van der Waals surface area contributed by atoms with Crippen molar-refractivity contribution in [2.75, 3.05) is 25.0 Å². The van der Waals surface area contributed by atoms with E-state index in [0.29, 0.717) is 30.5 Å². The first kappa shape index (κ1) is 27.3. The van der Waals surface area contributed by atoms with Gasteiger partial charge in [0, 0.05) is 47.3 Å². The molecule has 5 aromatic rings. The van der Waals surface area contributed by atoms with Gasteiger partial charge in [-0.1, -0.05) is 12.1 Å². The lowest BCUT2D eigenvalue weighted by molar-refractivity contribution is 0.107. The number of aromatic hydroxyl groups is 1. The van der Waals surface area contributed by atoms with Crippen molar-refractivity contribution in [3.63, 3.8) is 0 Å². The lowest BCUT2D eigenvalue weighted by atomic mass is 9.95. The number of hydrogen-bond donors (Lipinski definition) is 3. The summed E-state index contributed by atoms with van der Waals surface area (Å²) in [6.07, 6.45) is 2.92. The van der Waals surface area contributed by atoms with Crippen LogP contribution >= 0.6 is 0 Å². The Bertz CT molecular complexity index is 1940. The molecule has 43 heavy (non-hydrogen) atoms. The molecule has 2 aliphatic rings. The van der Waals surface area contributed by atoms with Crippen LogP contribution in [0.5, 0.6) is 11.8 Å². The monoisotopic (exact) mass is 588 g/mol. The largest absolute Gasteiger partial charge is 0.508 e. The summed E-state index contributed by atoms with van der Waals surface area (Å²) in [7, 11) is 0. The number of aromatic amines is 1. The quantitative estimate of drug-likeness (QED) is 0.236. The van der Waals surface area contributed by atoms with E-state index < -0.39 is 23.2 Å². The number of aryl methyl sites for hydroxylation is 2. The minimum absolute atomic E-state index is 0.0223. The topological polar surface area (TPSA) is 129 Å². The Morgan fingerprint density at radius 3 is 2.93 bits per heavy atom. The van der Waals surface area contributed by atoms with Crippen LogP contribution in [0.4, 0.5) is 14.6 Å². The summed E-state index contributed by atoms with van der Waals surface area (Å²) in [5, 5.41) is 21.3. The van der Waals surface area contributed by atoms with E-state index in [9.17, 15) is 14.3 Å². The molecule has 10 nitrogen and oxygen atoms in total. The van der Waals surface area contributed by atoms with Gasteiger partial charge in [0.1, 0.15) is 41.3 Å². The molecular weight excluding hydrogens is 558 g/mol. The third kappa shape index (κ3) is 4.66. The van der Waals surface area contributed by atoms with E-state index in [1.165, 1.54) is 18.2 Å². The summed E-state index contributed by atoms with van der Waals surface area (Å²) in [5.74, 6) is -0.363. The second-order valence-corrected chi connectivity index (χ2v) is 11.5. The van der Waals surface area contributed by atoms with Crippen molar-refractivity contribution in [1.82, 2.24) is 25.1 Å². The minimum atomic E-state index is -0.913. The van der Waals surface area contributed by atoms with Gasteiger partial charge in [-0.3, -0.25) is 10.00 Å². The number of alkyl halides is 1. The van der Waals surface area contributed by atoms with Gasteiger partial charge in [0.25, 0.3) is 0 Å². The molecule has 3 N–H and O–H groups in total. The van der Waals surface area contributed by atoms with Gasteiger partial charge in [0.15, 0.2) is 0 Å². The van der Waals surface area contributed by atoms with E-state index in [-0.39, 0.29) is 51.8 Å². The normalized spacial score (nSPS) is 20.2. The minimum Gasteiger partial charge on any atom is -0.508 e. The first-order valence-electron chi connectivity index (χ1n) is 14.2. The van der Waals surface area contributed by atoms with E-state index in [0.717, 1.165) is 30.6 Å². The van der Waals surface area contributed by atoms with Crippen LogP contribution in [-0.4, -0.2) is 61.6 Å². The number of benzene rings is 2. The fourth-order valence-corrected chi connectivity index (χ4v) is 6.61. The van der Waals surface area contributed by atoms with Gasteiger partial charge in [0.05, 0.1) is 17.3 Å². The zero-order chi connectivity index (χ0) is 29.9. The van der Waals surface area contributed by atoms with Crippen molar-refractivity contribution < 1.29 is 23.0 Å². The van der Waals surface area contributed by atoms with Crippen LogP contribution in [0, 0.1) is 19.7 Å². The van der Waals surface area contributed by atoms with Crippen LogP contribution in [0.3, 0.4) is 0 Å². The highest BCUT2D eigenvalue weighted by Crippen LogP contribution is 2.41. The van der Waals surface area contributed by atoms with Gasteiger partial charge in [-0.25, -0.2) is 13.6 Å². The molecule has 0 unspecified atom stereocenters. The summed E-state index contributed by atoms with van der Waals surface area (Å²) in [6, 6.07) is 7.35. The van der Waals surface area contributed by atoms with Crippen LogP contribution in [0.2, 0.25) is 0 Å². The van der Waals surface area contributed by atoms with Crippen molar-refractivity contribution in [3.8, 4) is 23.1 Å². The highest BCUT2D eigenvalue weighted by Gasteiger charge is 2.49. The third-order valence-corrected chi connectivity index (χ3v) is 8.75. The van der Waals surface area contributed by atoms with Gasteiger partial charge < -0.3 is 19.6 Å². The van der Waals surface area contributed by atoms with Crippen molar-refractivity contribution in [2.45, 2.75) is 51.4 Å². The first-order chi connectivity index (χ1) is 20.7. The predicted molar refractivity (Wildman–Crippen MR) is 157 cm³/mol. The average molecular weight is 589 g/mol. The summed E-state index contributed by atoms with van der Waals surface area (Å²) in [5.41, 5.74) is 1.47. The summed E-state index contributed by atoms with van der Waals surface area (Å²) in [4.78, 5) is 24.9. The average Bonchev–Trinajstić information content (AvgIpc) is 3.65. The Balaban J connectivity index is 1.37. The van der Waals surface area contributed by atoms with Crippen LogP contribution in [-0.2, 0) is 6.54 Å². The molecule has 0 radical (unpaired) electrons. The zero-order valence-electron chi connectivity index (χ0n) is 23.7. The van der Waals surface area contributed by atoms with Gasteiger partial charge in [-0.15, -0.1) is 0 Å². The molecule has 2 atom stereocenters. The first-order valence-corrected chi connectivity index (χ1v) is 14.2. The summed E-state index contributed by atoms with van der Waals surface area (Å²) in [6.45, 7) is 5.30. The number of nitrogens with zero attached hydrogens (tertiary/aromatic N) is 4. The molecule has 5 heterocycles. The maximum atomic E-state index is 15.1. The Hall–Kier alpha value is -4.58. The lowest BCUT2D eigenvalue weighted by Crippen LogP contribution is -2.43. The molecule has 2 aromatic carbocycles. The van der Waals surface area contributed by atoms with E-state index in [1.807, 2.05) is 6.92 Å². The Kier molecular flexibility index (Phi) is 6.53. The lowest BCUT2D eigenvalue weighted by Gasteiger charge is -2.30. The molecule has 0 bridgehead atoms. The highest BCUT2D eigenvalue weighted by atomic mass is 19.1. The van der Waals surface area contributed by atoms with Crippen LogP contribution in [0.25, 0.3) is 33.0 Å². The van der Waals surface area contributed by atoms with Crippen molar-refractivity contribution in [2.24, 2.45) is 0 Å². The highest BCUT2D eigenvalue weighted by molar-refractivity contribution is 6.00. The van der Waals surface area contributed by atoms with Gasteiger partial charge >= 0.3 is 11.6 Å². The number of rotatable bonds is 7. The number of H-pyrrole nitrogens is 1. The molecule has 2 aliphatic heterocycles. The smallest absolute Gasteiger partial charge is 0.349 e. The van der Waals surface area contributed by atoms with E-state index in [2.05, 4.69) is 30.4 Å². The number of nitrogens with one attached hydrogen (secondary N) is 2. The molecule has 12 heteroatoms. The van der Waals surface area contributed by atoms with Crippen LogP contribution in [0.1, 0.15) is 36.1 Å². The molecule has 3 aromatic heterocycles. The molecule has 2 fully saturated rings. The molecule has 0 saturated carbocycles. The van der Waals surface area contributed by atoms with Gasteiger partial charge in [-0.05, 0) is 56.8 Å². The van der Waals surface area contributed by atoms with E-state index in [4.69, 9.17) is 9.15 Å². The van der Waals surface area contributed by atoms with Crippen LogP contribution in [0.15, 0.2) is 45.7 Å². The molecule has 0 spiro atoms. The molecule has 7 rings (SSSR count). The number of phenolic OH excluding ortho intramolecular Hbond substituents is 1. The Morgan fingerprint density at radius 2 is 2.12 bits per heavy atom. The fourth-order valence-electron chi connectivity index (χ4n) is 6.61. The van der Waals surface area contributed by atoms with Crippen molar-refractivity contribution >= 4 is 27.5 Å². The second-order valence-electron chi connectivity index (χ2n) is 11.5. The van der Waals surface area contributed by atoms with E-state index >= 15 is 4.39 Å². The number of hydrogen-bond acceptors (Lipinski definition) is 9. The van der Waals surface area contributed by atoms with Crippen molar-refractivity contribution in [3.05, 3.63) is 69.6 Å². The fraction of sp³-hybridized carbons (Fsp3) is 0.355. The molecular formula is C31H30F2N6O4. The standard InChI is InChI=1S/C31H30F2N6O4/c1-16-26-25(29(41)43-27(16)22-10-21(40)9-18-5-3-6-23(33)24(18)22)28(34-12-19-13-35-38-17(19)2)37-30(36-26)42-15-31-7-4-8-39(31)14-20(32)11-31/h3,5-6,9-10,13,20,40H,4,7-8,11-12,14-15H2,1-2H3,(H,35,38)(H,34,36,37)/t20-,31+/m1/s1. The summed E-state index contributed by atoms with van der Waals surface area (Å²) >= 11 is 0. The third-order valence-electron chi connectivity index (χ3n) is 8.75. The Morgan fingerprint density at radius 1 is 1.26 bits per heavy atom. The SMILES string of the molecule is Cc1[nH]ncc1CNc1nc(OC[C@@]23CCCN2C[C@H](F)C3)nc2c(C)c(-c3cc(O)cc4cccc(F)c34)oc(=O)c12.